The summed E-state index contributed by atoms with van der Waals surface area (Å²) in [5.41, 5.74) is 1.58. The van der Waals surface area contributed by atoms with Crippen molar-refractivity contribution >= 4 is 0 Å². The molecule has 1 N–H and O–H groups in total. The second-order valence-corrected chi connectivity index (χ2v) is 4.44. The molecule has 1 fully saturated rings. The first-order chi connectivity index (χ1) is 8.28. The van der Waals surface area contributed by atoms with E-state index in [2.05, 4.69) is 23.3 Å². The van der Waals surface area contributed by atoms with E-state index in [0.29, 0.717) is 17.8 Å². The van der Waals surface area contributed by atoms with Gasteiger partial charge in [0.05, 0.1) is 6.10 Å². The summed E-state index contributed by atoms with van der Waals surface area (Å²) in [4.78, 5) is 3.96. The first-order valence-corrected chi connectivity index (χ1v) is 5.98. The van der Waals surface area contributed by atoms with Gasteiger partial charge in [0.25, 0.3) is 0 Å². The zero-order chi connectivity index (χ0) is 12.1. The number of ether oxygens (including phenoxy) is 1. The van der Waals surface area contributed by atoms with Gasteiger partial charge in [-0.25, -0.2) is 4.98 Å². The third-order valence-electron chi connectivity index (χ3n) is 3.02. The van der Waals surface area contributed by atoms with E-state index < -0.39 is 0 Å². The van der Waals surface area contributed by atoms with E-state index in [1.807, 2.05) is 12.1 Å². The number of aromatic nitrogens is 1. The van der Waals surface area contributed by atoms with Gasteiger partial charge >= 0.3 is 0 Å². The SMILES string of the molecule is CC1CC(NCc2ccnc(C#N)c2)CCO1. The number of pyridine rings is 1. The summed E-state index contributed by atoms with van der Waals surface area (Å²) in [6.45, 7) is 3.72. The van der Waals surface area contributed by atoms with Crippen molar-refractivity contribution in [3.05, 3.63) is 29.6 Å². The molecule has 0 saturated carbocycles. The molecule has 0 aromatic carbocycles. The largest absolute Gasteiger partial charge is 0.378 e. The van der Waals surface area contributed by atoms with Crippen LogP contribution in [0.4, 0.5) is 0 Å². The summed E-state index contributed by atoms with van der Waals surface area (Å²) in [6, 6.07) is 6.34. The summed E-state index contributed by atoms with van der Waals surface area (Å²) < 4.78 is 5.50. The van der Waals surface area contributed by atoms with Crippen LogP contribution in [-0.2, 0) is 11.3 Å². The molecule has 0 bridgehead atoms. The average molecular weight is 231 g/mol. The van der Waals surface area contributed by atoms with Crippen LogP contribution in [0.25, 0.3) is 0 Å². The smallest absolute Gasteiger partial charge is 0.140 e. The average Bonchev–Trinajstić information content (AvgIpc) is 2.37. The summed E-state index contributed by atoms with van der Waals surface area (Å²) in [5, 5.41) is 12.3. The third-order valence-corrected chi connectivity index (χ3v) is 3.02. The van der Waals surface area contributed by atoms with Gasteiger partial charge in [-0.15, -0.1) is 0 Å². The number of hydrogen-bond acceptors (Lipinski definition) is 4. The zero-order valence-electron chi connectivity index (χ0n) is 10.0. The molecule has 2 heterocycles. The number of nitrogens with zero attached hydrogens (tertiary/aromatic N) is 2. The maximum atomic E-state index is 8.76. The second-order valence-electron chi connectivity index (χ2n) is 4.44. The van der Waals surface area contributed by atoms with Gasteiger partial charge in [-0.2, -0.15) is 5.26 Å². The van der Waals surface area contributed by atoms with Gasteiger partial charge in [-0.1, -0.05) is 0 Å². The lowest BCUT2D eigenvalue weighted by molar-refractivity contribution is 0.0130. The summed E-state index contributed by atoms with van der Waals surface area (Å²) >= 11 is 0. The summed E-state index contributed by atoms with van der Waals surface area (Å²) in [7, 11) is 0. The Balaban J connectivity index is 1.87. The van der Waals surface area contributed by atoms with Crippen LogP contribution in [0.2, 0.25) is 0 Å². The van der Waals surface area contributed by atoms with Crippen LogP contribution in [0.5, 0.6) is 0 Å². The molecule has 0 radical (unpaired) electrons. The van der Waals surface area contributed by atoms with Crippen LogP contribution >= 0.6 is 0 Å². The van der Waals surface area contributed by atoms with E-state index in [0.717, 1.165) is 31.6 Å². The molecule has 90 valence electrons. The molecule has 1 aliphatic rings. The predicted octanol–water partition coefficient (Wildman–Crippen LogP) is 1.61. The molecule has 0 spiro atoms. The van der Waals surface area contributed by atoms with E-state index in [-0.39, 0.29) is 0 Å². The van der Waals surface area contributed by atoms with E-state index in [4.69, 9.17) is 10.00 Å². The topological polar surface area (TPSA) is 57.9 Å². The lowest BCUT2D eigenvalue weighted by Gasteiger charge is -2.28. The van der Waals surface area contributed by atoms with Crippen LogP contribution < -0.4 is 5.32 Å². The highest BCUT2D eigenvalue weighted by Crippen LogP contribution is 2.13. The molecule has 2 atom stereocenters. The number of hydrogen-bond donors (Lipinski definition) is 1. The molecule has 0 amide bonds. The molecule has 1 aliphatic heterocycles. The Labute approximate surface area is 102 Å². The molecule has 2 unspecified atom stereocenters. The summed E-state index contributed by atoms with van der Waals surface area (Å²) in [5.74, 6) is 0. The number of nitrogens with one attached hydrogen (secondary N) is 1. The monoisotopic (exact) mass is 231 g/mol. The molecule has 2 rings (SSSR count). The van der Waals surface area contributed by atoms with E-state index in [9.17, 15) is 0 Å². The van der Waals surface area contributed by atoms with E-state index in [1.54, 1.807) is 6.20 Å². The fourth-order valence-electron chi connectivity index (χ4n) is 2.09. The number of nitriles is 1. The molecule has 4 nitrogen and oxygen atoms in total. The standard InChI is InChI=1S/C13H17N3O/c1-10-6-12(3-5-17-10)16-9-11-2-4-15-13(7-11)8-14/h2,4,7,10,12,16H,3,5-6,9H2,1H3. The van der Waals surface area contributed by atoms with Crippen molar-refractivity contribution < 1.29 is 4.74 Å². The minimum Gasteiger partial charge on any atom is -0.378 e. The van der Waals surface area contributed by atoms with Gasteiger partial charge in [0.15, 0.2) is 0 Å². The fourth-order valence-corrected chi connectivity index (χ4v) is 2.09. The van der Waals surface area contributed by atoms with Crippen molar-refractivity contribution in [2.45, 2.75) is 38.5 Å². The normalized spacial score (nSPS) is 24.2. The van der Waals surface area contributed by atoms with Gasteiger partial charge in [0, 0.05) is 25.4 Å². The molecule has 1 aromatic rings. The fraction of sp³-hybridized carbons (Fsp3) is 0.538. The van der Waals surface area contributed by atoms with Gasteiger partial charge in [-0.3, -0.25) is 0 Å². The van der Waals surface area contributed by atoms with Crippen LogP contribution in [0.15, 0.2) is 18.3 Å². The highest BCUT2D eigenvalue weighted by atomic mass is 16.5. The maximum Gasteiger partial charge on any atom is 0.140 e. The second kappa shape index (κ2) is 5.76. The van der Waals surface area contributed by atoms with Gasteiger partial charge in [0.1, 0.15) is 11.8 Å². The Morgan fingerprint density at radius 3 is 3.29 bits per heavy atom. The Bertz CT molecular complexity index is 413. The maximum absolute atomic E-state index is 8.76. The first-order valence-electron chi connectivity index (χ1n) is 5.98. The number of rotatable bonds is 3. The van der Waals surface area contributed by atoms with Crippen molar-refractivity contribution in [3.63, 3.8) is 0 Å². The van der Waals surface area contributed by atoms with E-state index in [1.165, 1.54) is 0 Å². The predicted molar refractivity (Wildman–Crippen MR) is 64.2 cm³/mol. The third kappa shape index (κ3) is 3.52. The molecule has 1 aromatic heterocycles. The quantitative estimate of drug-likeness (QED) is 0.858. The Kier molecular flexibility index (Phi) is 4.08. The zero-order valence-corrected chi connectivity index (χ0v) is 10.0. The lowest BCUT2D eigenvalue weighted by atomic mass is 10.0. The van der Waals surface area contributed by atoms with Crippen molar-refractivity contribution in [3.8, 4) is 6.07 Å². The van der Waals surface area contributed by atoms with Crippen LogP contribution in [0, 0.1) is 11.3 Å². The van der Waals surface area contributed by atoms with Crippen molar-refractivity contribution in [1.82, 2.24) is 10.3 Å². The first kappa shape index (κ1) is 12.0. The van der Waals surface area contributed by atoms with Gasteiger partial charge in [-0.05, 0) is 37.5 Å². The van der Waals surface area contributed by atoms with Crippen LogP contribution in [0.3, 0.4) is 0 Å². The van der Waals surface area contributed by atoms with Crippen molar-refractivity contribution in [2.75, 3.05) is 6.61 Å². The molecular weight excluding hydrogens is 214 g/mol. The van der Waals surface area contributed by atoms with Crippen LogP contribution in [-0.4, -0.2) is 23.7 Å². The van der Waals surface area contributed by atoms with Gasteiger partial charge in [0.2, 0.25) is 0 Å². The molecule has 1 saturated heterocycles. The van der Waals surface area contributed by atoms with Crippen molar-refractivity contribution in [2.24, 2.45) is 0 Å². The Morgan fingerprint density at radius 2 is 2.53 bits per heavy atom. The Morgan fingerprint density at radius 1 is 1.65 bits per heavy atom. The molecule has 0 aliphatic carbocycles. The van der Waals surface area contributed by atoms with Crippen LogP contribution in [0.1, 0.15) is 31.0 Å². The molecule has 4 heteroatoms. The van der Waals surface area contributed by atoms with Gasteiger partial charge < -0.3 is 10.1 Å². The Hall–Kier alpha value is -1.44. The van der Waals surface area contributed by atoms with Crippen molar-refractivity contribution in [1.29, 1.82) is 5.26 Å². The summed E-state index contributed by atoms with van der Waals surface area (Å²) in [6.07, 6.45) is 4.13. The highest BCUT2D eigenvalue weighted by molar-refractivity contribution is 5.25. The highest BCUT2D eigenvalue weighted by Gasteiger charge is 2.18. The molecular formula is C13H17N3O. The van der Waals surface area contributed by atoms with E-state index >= 15 is 0 Å². The lowest BCUT2D eigenvalue weighted by Crippen LogP contribution is -2.37. The molecule has 17 heavy (non-hydrogen) atoms. The minimum atomic E-state index is 0.341. The minimum absolute atomic E-state index is 0.341.